The van der Waals surface area contributed by atoms with Gasteiger partial charge in [0.2, 0.25) is 0 Å². The van der Waals surface area contributed by atoms with E-state index in [1.165, 1.54) is 17.5 Å². The monoisotopic (exact) mass is 451 g/mol. The maximum Gasteiger partial charge on any atom is 0.251 e. The summed E-state index contributed by atoms with van der Waals surface area (Å²) < 4.78 is 0. The summed E-state index contributed by atoms with van der Waals surface area (Å²) in [6.07, 6.45) is 2.53. The molecule has 0 saturated carbocycles. The number of H-pyrrole nitrogens is 1. The first kappa shape index (κ1) is 23.2. The fourth-order valence-corrected chi connectivity index (χ4v) is 3.97. The summed E-state index contributed by atoms with van der Waals surface area (Å²) in [4.78, 5) is 16.6. The average molecular weight is 452 g/mol. The van der Waals surface area contributed by atoms with Gasteiger partial charge in [-0.1, -0.05) is 48.2 Å². The quantitative estimate of drug-likeness (QED) is 0.499. The molecule has 2 aromatic carbocycles. The summed E-state index contributed by atoms with van der Waals surface area (Å²) in [5.74, 6) is 0.731. The third-order valence-electron chi connectivity index (χ3n) is 4.67. The minimum absolute atomic E-state index is 0. The second kappa shape index (κ2) is 11.2. The molecule has 6 nitrogen and oxygen atoms in total. The van der Waals surface area contributed by atoms with Crippen molar-refractivity contribution in [2.24, 2.45) is 0 Å². The summed E-state index contributed by atoms with van der Waals surface area (Å²) in [5, 5.41) is 14.0. The molecule has 0 bridgehead atoms. The SMILES string of the molecule is Cl.Cl.O=C(NCC1NCCc2ccccc21)c1ccc(CSc2ncn[nH]2)cc1. The zero-order valence-corrected chi connectivity index (χ0v) is 18.1. The number of nitrogens with zero attached hydrogens (tertiary/aromatic N) is 2. The number of nitrogens with one attached hydrogen (secondary N) is 3. The number of fused-ring (bicyclic) bond motifs is 1. The van der Waals surface area contributed by atoms with Crippen molar-refractivity contribution in [2.75, 3.05) is 13.1 Å². The second-order valence-corrected chi connectivity index (χ2v) is 7.41. The van der Waals surface area contributed by atoms with Crippen LogP contribution >= 0.6 is 36.6 Å². The molecule has 0 aliphatic carbocycles. The largest absolute Gasteiger partial charge is 0.350 e. The van der Waals surface area contributed by atoms with Crippen molar-refractivity contribution in [2.45, 2.75) is 23.4 Å². The van der Waals surface area contributed by atoms with Crippen LogP contribution in [0.4, 0.5) is 0 Å². The molecule has 3 aromatic rings. The van der Waals surface area contributed by atoms with Gasteiger partial charge in [-0.2, -0.15) is 5.10 Å². The van der Waals surface area contributed by atoms with Gasteiger partial charge in [-0.25, -0.2) is 4.98 Å². The van der Waals surface area contributed by atoms with Gasteiger partial charge in [-0.15, -0.1) is 24.8 Å². The molecule has 154 valence electrons. The molecule has 3 N–H and O–H groups in total. The van der Waals surface area contributed by atoms with E-state index in [1.54, 1.807) is 11.8 Å². The molecule has 1 atom stereocenters. The number of hydrogen-bond acceptors (Lipinski definition) is 5. The van der Waals surface area contributed by atoms with Gasteiger partial charge in [0.05, 0.1) is 0 Å². The maximum atomic E-state index is 12.5. The fraction of sp³-hybridized carbons (Fsp3) is 0.250. The number of halogens is 2. The Morgan fingerprint density at radius 2 is 1.93 bits per heavy atom. The molecule has 4 rings (SSSR count). The number of aromatic nitrogens is 3. The highest BCUT2D eigenvalue weighted by atomic mass is 35.5. The lowest BCUT2D eigenvalue weighted by molar-refractivity contribution is 0.0949. The molecule has 1 aromatic heterocycles. The predicted octanol–water partition coefficient (Wildman–Crippen LogP) is 3.56. The Hall–Kier alpha value is -2.06. The molecule has 1 aliphatic heterocycles. The Bertz CT molecular complexity index is 905. The molecule has 0 radical (unpaired) electrons. The van der Waals surface area contributed by atoms with Gasteiger partial charge in [0.25, 0.3) is 5.91 Å². The van der Waals surface area contributed by atoms with Crippen LogP contribution in [0.25, 0.3) is 0 Å². The third kappa shape index (κ3) is 5.96. The fourth-order valence-electron chi connectivity index (χ4n) is 3.24. The predicted molar refractivity (Wildman–Crippen MR) is 120 cm³/mol. The smallest absolute Gasteiger partial charge is 0.251 e. The number of carbonyl (C=O) groups excluding carboxylic acids is 1. The lowest BCUT2D eigenvalue weighted by Crippen LogP contribution is -2.38. The first-order chi connectivity index (χ1) is 13.3. The zero-order chi connectivity index (χ0) is 18.5. The number of hydrogen-bond donors (Lipinski definition) is 3. The van der Waals surface area contributed by atoms with Crippen molar-refractivity contribution >= 4 is 42.5 Å². The number of thioether (sulfide) groups is 1. The topological polar surface area (TPSA) is 82.7 Å². The molecule has 1 aliphatic rings. The van der Waals surface area contributed by atoms with Crippen LogP contribution in [0, 0.1) is 0 Å². The van der Waals surface area contributed by atoms with E-state index in [9.17, 15) is 4.79 Å². The molecular formula is C20H23Cl2N5OS. The minimum Gasteiger partial charge on any atom is -0.350 e. The van der Waals surface area contributed by atoms with E-state index in [4.69, 9.17) is 0 Å². The summed E-state index contributed by atoms with van der Waals surface area (Å²) in [7, 11) is 0. The van der Waals surface area contributed by atoms with Crippen molar-refractivity contribution in [1.29, 1.82) is 0 Å². The van der Waals surface area contributed by atoms with Gasteiger partial charge in [0.1, 0.15) is 6.33 Å². The van der Waals surface area contributed by atoms with E-state index in [0.717, 1.165) is 29.4 Å². The van der Waals surface area contributed by atoms with Crippen LogP contribution in [0.1, 0.15) is 33.1 Å². The van der Waals surface area contributed by atoms with Gasteiger partial charge in [-0.3, -0.25) is 9.89 Å². The molecular weight excluding hydrogens is 429 g/mol. The Labute approximate surface area is 186 Å². The first-order valence-corrected chi connectivity index (χ1v) is 9.94. The number of aromatic amines is 1. The van der Waals surface area contributed by atoms with E-state index in [1.807, 2.05) is 24.3 Å². The van der Waals surface area contributed by atoms with Crippen LogP contribution < -0.4 is 10.6 Å². The van der Waals surface area contributed by atoms with Crippen molar-refractivity contribution < 1.29 is 4.79 Å². The number of amides is 1. The molecule has 29 heavy (non-hydrogen) atoms. The Morgan fingerprint density at radius 3 is 2.69 bits per heavy atom. The first-order valence-electron chi connectivity index (χ1n) is 8.96. The Morgan fingerprint density at radius 1 is 1.14 bits per heavy atom. The average Bonchev–Trinajstić information content (AvgIpc) is 3.24. The van der Waals surface area contributed by atoms with E-state index in [2.05, 4.69) is 50.1 Å². The van der Waals surface area contributed by atoms with Gasteiger partial charge in [0.15, 0.2) is 5.16 Å². The number of carbonyl (C=O) groups is 1. The standard InChI is InChI=1S/C20H21N5OS.2ClH/c26-19(22-11-18-17-4-2-1-3-15(17)9-10-21-18)16-7-5-14(6-8-16)12-27-20-23-13-24-25-20;;/h1-8,13,18,21H,9-12H2,(H,22,26)(H,23,24,25);2*1H. The van der Waals surface area contributed by atoms with Crippen molar-refractivity contribution in [3.8, 4) is 0 Å². The van der Waals surface area contributed by atoms with Gasteiger partial charge < -0.3 is 10.6 Å². The number of benzene rings is 2. The molecule has 1 amide bonds. The number of rotatable bonds is 6. The van der Waals surface area contributed by atoms with Gasteiger partial charge >= 0.3 is 0 Å². The van der Waals surface area contributed by atoms with E-state index in [-0.39, 0.29) is 36.8 Å². The zero-order valence-electron chi connectivity index (χ0n) is 15.6. The van der Waals surface area contributed by atoms with Crippen LogP contribution in [-0.2, 0) is 12.2 Å². The Kier molecular flexibility index (Phi) is 8.98. The summed E-state index contributed by atoms with van der Waals surface area (Å²) >= 11 is 1.58. The minimum atomic E-state index is -0.0470. The molecule has 2 heterocycles. The lowest BCUT2D eigenvalue weighted by atomic mass is 9.94. The third-order valence-corrected chi connectivity index (χ3v) is 5.61. The highest BCUT2D eigenvalue weighted by Crippen LogP contribution is 2.22. The summed E-state index contributed by atoms with van der Waals surface area (Å²) in [6, 6.07) is 16.3. The van der Waals surface area contributed by atoms with Crippen LogP contribution in [0.2, 0.25) is 0 Å². The van der Waals surface area contributed by atoms with Crippen LogP contribution in [0.3, 0.4) is 0 Å². The molecule has 0 fully saturated rings. The molecule has 0 saturated heterocycles. The van der Waals surface area contributed by atoms with Crippen molar-refractivity contribution in [3.63, 3.8) is 0 Å². The molecule has 1 unspecified atom stereocenters. The van der Waals surface area contributed by atoms with Crippen LogP contribution in [0.5, 0.6) is 0 Å². The Balaban J connectivity index is 0.00000150. The summed E-state index contributed by atoms with van der Waals surface area (Å²) in [6.45, 7) is 1.52. The van der Waals surface area contributed by atoms with Gasteiger partial charge in [-0.05, 0) is 41.8 Å². The van der Waals surface area contributed by atoms with Crippen LogP contribution in [-0.4, -0.2) is 34.2 Å². The highest BCUT2D eigenvalue weighted by Gasteiger charge is 2.19. The highest BCUT2D eigenvalue weighted by molar-refractivity contribution is 7.98. The summed E-state index contributed by atoms with van der Waals surface area (Å²) in [5.41, 5.74) is 4.45. The van der Waals surface area contributed by atoms with Crippen LogP contribution in [0.15, 0.2) is 60.0 Å². The van der Waals surface area contributed by atoms with E-state index >= 15 is 0 Å². The molecule has 0 spiro atoms. The van der Waals surface area contributed by atoms with E-state index < -0.39 is 0 Å². The van der Waals surface area contributed by atoms with E-state index in [0.29, 0.717) is 12.1 Å². The molecule has 9 heteroatoms. The second-order valence-electron chi connectivity index (χ2n) is 6.44. The van der Waals surface area contributed by atoms with Crippen molar-refractivity contribution in [3.05, 3.63) is 77.1 Å². The lowest BCUT2D eigenvalue weighted by Gasteiger charge is -2.27. The maximum absolute atomic E-state index is 12.5. The van der Waals surface area contributed by atoms with Gasteiger partial charge in [0, 0.05) is 23.9 Å². The van der Waals surface area contributed by atoms with Crippen molar-refractivity contribution in [1.82, 2.24) is 25.8 Å². The normalized spacial score (nSPS) is 14.8.